The molecule has 1 heterocycles. The monoisotopic (exact) mass is 556 g/mol. The molecule has 174 valence electrons. The number of piperidine rings is 1. The molecule has 6 nitrogen and oxygen atoms in total. The van der Waals surface area contributed by atoms with Crippen LogP contribution in [0.5, 0.6) is 0 Å². The molecule has 0 spiro atoms. The van der Waals surface area contributed by atoms with Gasteiger partial charge in [0.05, 0.1) is 0 Å². The number of nitrogens with zero attached hydrogens (tertiary/aromatic N) is 2. The average molecular weight is 556 g/mol. The lowest BCUT2D eigenvalue weighted by Gasteiger charge is -2.31. The second kappa shape index (κ2) is 11.9. The summed E-state index contributed by atoms with van der Waals surface area (Å²) in [4.78, 5) is 4.56. The molecule has 0 aromatic carbocycles. The molecule has 0 aliphatic carbocycles. The van der Waals surface area contributed by atoms with Crippen LogP contribution in [0.25, 0.3) is 0 Å². The fourth-order valence-electron chi connectivity index (χ4n) is 2.97. The molecule has 0 amide bonds. The summed E-state index contributed by atoms with van der Waals surface area (Å²) in [6, 6.07) is 0.246. The SMILES string of the molecule is CCNC(=NCC1CCN(S(=O)(=O)C(F)(F)F)CC1)NC(C)CCC(C)(C)C.I. The fourth-order valence-corrected chi connectivity index (χ4v) is 3.96. The Morgan fingerprint density at radius 2 is 1.76 bits per heavy atom. The highest BCUT2D eigenvalue weighted by molar-refractivity contribution is 14.0. The molecule has 1 saturated heterocycles. The zero-order valence-electron chi connectivity index (χ0n) is 18.0. The van der Waals surface area contributed by atoms with E-state index in [4.69, 9.17) is 0 Å². The van der Waals surface area contributed by atoms with Crippen molar-refractivity contribution in [2.45, 2.75) is 71.9 Å². The minimum absolute atomic E-state index is 0. The van der Waals surface area contributed by atoms with Gasteiger partial charge in [0, 0.05) is 32.2 Å². The van der Waals surface area contributed by atoms with E-state index in [-0.39, 0.29) is 54.4 Å². The summed E-state index contributed by atoms with van der Waals surface area (Å²) in [5, 5.41) is 6.55. The van der Waals surface area contributed by atoms with Gasteiger partial charge in [0.2, 0.25) is 0 Å². The summed E-state index contributed by atoms with van der Waals surface area (Å²) in [5.74, 6) is 0.759. The van der Waals surface area contributed by atoms with Crippen LogP contribution in [0, 0.1) is 11.3 Å². The van der Waals surface area contributed by atoms with E-state index in [0.717, 1.165) is 12.8 Å². The molecule has 29 heavy (non-hydrogen) atoms. The van der Waals surface area contributed by atoms with Gasteiger partial charge in [0.15, 0.2) is 5.96 Å². The Balaban J connectivity index is 0.00000784. The van der Waals surface area contributed by atoms with Crippen LogP contribution in [0.4, 0.5) is 13.2 Å². The van der Waals surface area contributed by atoms with Crippen molar-refractivity contribution in [1.29, 1.82) is 0 Å². The van der Waals surface area contributed by atoms with Crippen molar-refractivity contribution in [2.75, 3.05) is 26.2 Å². The third kappa shape index (κ3) is 10.0. The predicted octanol–water partition coefficient (Wildman–Crippen LogP) is 3.94. The van der Waals surface area contributed by atoms with Gasteiger partial charge in [-0.15, -0.1) is 24.0 Å². The Morgan fingerprint density at radius 3 is 2.21 bits per heavy atom. The van der Waals surface area contributed by atoms with Gasteiger partial charge in [-0.2, -0.15) is 17.5 Å². The van der Waals surface area contributed by atoms with Crippen molar-refractivity contribution >= 4 is 40.0 Å². The highest BCUT2D eigenvalue weighted by atomic mass is 127. The van der Waals surface area contributed by atoms with E-state index in [2.05, 4.69) is 43.3 Å². The van der Waals surface area contributed by atoms with Crippen LogP contribution in [0.15, 0.2) is 4.99 Å². The Labute approximate surface area is 190 Å². The van der Waals surface area contributed by atoms with E-state index in [1.165, 1.54) is 0 Å². The minimum atomic E-state index is -5.23. The lowest BCUT2D eigenvalue weighted by atomic mass is 9.89. The molecular weight excluding hydrogens is 520 g/mol. The Hall–Kier alpha value is -0.300. The summed E-state index contributed by atoms with van der Waals surface area (Å²) in [6.07, 6.45) is 2.82. The van der Waals surface area contributed by atoms with E-state index >= 15 is 0 Å². The summed E-state index contributed by atoms with van der Waals surface area (Å²) in [7, 11) is -5.22. The zero-order valence-corrected chi connectivity index (χ0v) is 21.1. The molecule has 1 fully saturated rings. The molecule has 0 saturated carbocycles. The van der Waals surface area contributed by atoms with Crippen molar-refractivity contribution in [3.8, 4) is 0 Å². The van der Waals surface area contributed by atoms with Gasteiger partial charge in [0.1, 0.15) is 0 Å². The van der Waals surface area contributed by atoms with Crippen LogP contribution in [0.1, 0.15) is 60.3 Å². The summed E-state index contributed by atoms with van der Waals surface area (Å²) >= 11 is 0. The van der Waals surface area contributed by atoms with Crippen LogP contribution in [0.3, 0.4) is 0 Å². The maximum Gasteiger partial charge on any atom is 0.511 e. The second-order valence-electron chi connectivity index (χ2n) is 8.66. The first-order chi connectivity index (χ1) is 12.8. The first kappa shape index (κ1) is 28.7. The molecule has 0 bridgehead atoms. The molecule has 0 aromatic heterocycles. The number of aliphatic imine (C=N–C) groups is 1. The van der Waals surface area contributed by atoms with Gasteiger partial charge in [0.25, 0.3) is 0 Å². The second-order valence-corrected chi connectivity index (χ2v) is 10.6. The topological polar surface area (TPSA) is 73.8 Å². The third-order valence-corrected chi connectivity index (χ3v) is 6.40. The standard InChI is InChI=1S/C18H35F3N4O2S.HI/c1-6-22-16(24-14(2)7-10-17(3,4)5)23-13-15-8-11-25(12-9-15)28(26,27)18(19,20)21;/h14-15H,6-13H2,1-5H3,(H2,22,23,24);1H. The van der Waals surface area contributed by atoms with Gasteiger partial charge in [-0.1, -0.05) is 20.8 Å². The zero-order chi connectivity index (χ0) is 21.6. The van der Waals surface area contributed by atoms with Gasteiger partial charge in [-0.3, -0.25) is 4.99 Å². The van der Waals surface area contributed by atoms with Crippen LogP contribution >= 0.6 is 24.0 Å². The Kier molecular flexibility index (Phi) is 11.8. The quantitative estimate of drug-likeness (QED) is 0.283. The largest absolute Gasteiger partial charge is 0.511 e. The van der Waals surface area contributed by atoms with E-state index < -0.39 is 15.5 Å². The van der Waals surface area contributed by atoms with Gasteiger partial charge < -0.3 is 10.6 Å². The predicted molar refractivity (Wildman–Crippen MR) is 122 cm³/mol. The molecule has 2 N–H and O–H groups in total. The highest BCUT2D eigenvalue weighted by Gasteiger charge is 2.50. The molecular formula is C18H36F3IN4O2S. The molecule has 0 aromatic rings. The lowest BCUT2D eigenvalue weighted by Crippen LogP contribution is -2.45. The third-order valence-electron chi connectivity index (χ3n) is 4.77. The molecule has 1 rings (SSSR count). The number of rotatable bonds is 7. The normalized spacial score (nSPS) is 18.8. The van der Waals surface area contributed by atoms with Gasteiger partial charge in [-0.25, -0.2) is 8.42 Å². The summed E-state index contributed by atoms with van der Waals surface area (Å²) in [5.41, 5.74) is -4.97. The summed E-state index contributed by atoms with van der Waals surface area (Å²) in [6.45, 7) is 11.6. The molecule has 1 aliphatic heterocycles. The molecule has 11 heteroatoms. The van der Waals surface area contributed by atoms with Crippen molar-refractivity contribution < 1.29 is 21.6 Å². The van der Waals surface area contributed by atoms with Crippen LogP contribution in [0.2, 0.25) is 0 Å². The first-order valence-corrected chi connectivity index (χ1v) is 11.3. The van der Waals surface area contributed by atoms with Crippen molar-refractivity contribution in [2.24, 2.45) is 16.3 Å². The Bertz CT molecular complexity index is 614. The molecule has 1 aliphatic rings. The number of hydrogen-bond donors (Lipinski definition) is 2. The van der Waals surface area contributed by atoms with Crippen LogP contribution < -0.4 is 10.6 Å². The van der Waals surface area contributed by atoms with Crippen molar-refractivity contribution in [3.05, 3.63) is 0 Å². The van der Waals surface area contributed by atoms with Crippen molar-refractivity contribution in [3.63, 3.8) is 0 Å². The van der Waals surface area contributed by atoms with Gasteiger partial charge >= 0.3 is 15.5 Å². The molecule has 1 unspecified atom stereocenters. The first-order valence-electron chi connectivity index (χ1n) is 9.87. The van der Waals surface area contributed by atoms with E-state index in [9.17, 15) is 21.6 Å². The molecule has 0 radical (unpaired) electrons. The maximum absolute atomic E-state index is 12.6. The van der Waals surface area contributed by atoms with E-state index in [1.807, 2.05) is 6.92 Å². The number of halogens is 4. The van der Waals surface area contributed by atoms with E-state index in [1.54, 1.807) is 0 Å². The number of hydrogen-bond acceptors (Lipinski definition) is 3. The van der Waals surface area contributed by atoms with Crippen molar-refractivity contribution in [1.82, 2.24) is 14.9 Å². The number of nitrogens with one attached hydrogen (secondary N) is 2. The van der Waals surface area contributed by atoms with E-state index in [0.29, 0.717) is 36.2 Å². The molecule has 1 atom stereocenters. The fraction of sp³-hybridized carbons (Fsp3) is 0.944. The average Bonchev–Trinajstić information content (AvgIpc) is 2.57. The lowest BCUT2D eigenvalue weighted by molar-refractivity contribution is -0.0496. The summed E-state index contributed by atoms with van der Waals surface area (Å²) < 4.78 is 61.4. The highest BCUT2D eigenvalue weighted by Crippen LogP contribution is 2.30. The Morgan fingerprint density at radius 1 is 1.21 bits per heavy atom. The number of sulfonamides is 1. The number of alkyl halides is 3. The minimum Gasteiger partial charge on any atom is -0.357 e. The van der Waals surface area contributed by atoms with Gasteiger partial charge in [-0.05, 0) is 50.9 Å². The smallest absolute Gasteiger partial charge is 0.357 e. The van der Waals surface area contributed by atoms with Crippen LogP contribution in [-0.2, 0) is 10.0 Å². The maximum atomic E-state index is 12.6. The van der Waals surface area contributed by atoms with Crippen LogP contribution in [-0.4, -0.2) is 56.4 Å². The number of guanidine groups is 1.